The molecule has 1 aromatic heterocycles. The third-order valence-electron chi connectivity index (χ3n) is 4.45. The van der Waals surface area contributed by atoms with Crippen LogP contribution in [0.5, 0.6) is 5.75 Å². The zero-order valence-corrected chi connectivity index (χ0v) is 16.8. The molecule has 0 fully saturated rings. The normalized spacial score (nSPS) is 11.0. The number of halogens is 1. The van der Waals surface area contributed by atoms with Crippen molar-refractivity contribution in [3.05, 3.63) is 113 Å². The summed E-state index contributed by atoms with van der Waals surface area (Å²) >= 11 is 5.91. The van der Waals surface area contributed by atoms with Gasteiger partial charge in [0, 0.05) is 22.2 Å². The van der Waals surface area contributed by atoms with Crippen LogP contribution in [0.15, 0.2) is 95.5 Å². The van der Waals surface area contributed by atoms with Crippen LogP contribution < -0.4 is 4.74 Å². The van der Waals surface area contributed by atoms with E-state index in [9.17, 15) is 4.79 Å². The highest BCUT2D eigenvalue weighted by Crippen LogP contribution is 2.22. The molecule has 5 heteroatoms. The van der Waals surface area contributed by atoms with Gasteiger partial charge in [0.25, 0.3) is 0 Å². The highest BCUT2D eigenvalue weighted by molar-refractivity contribution is 6.30. The summed E-state index contributed by atoms with van der Waals surface area (Å²) in [6.07, 6.45) is 3.37. The first-order valence-electron chi connectivity index (χ1n) is 9.39. The zero-order valence-electron chi connectivity index (χ0n) is 16.0. The minimum Gasteiger partial charge on any atom is -0.486 e. The van der Waals surface area contributed by atoms with E-state index in [1.54, 1.807) is 48.6 Å². The summed E-state index contributed by atoms with van der Waals surface area (Å²) in [5.41, 5.74) is 3.22. The number of aromatic nitrogens is 1. The maximum absolute atomic E-state index is 12.3. The summed E-state index contributed by atoms with van der Waals surface area (Å²) in [6, 6.07) is 25.9. The van der Waals surface area contributed by atoms with Gasteiger partial charge >= 0.3 is 0 Å². The lowest BCUT2D eigenvalue weighted by Gasteiger charge is -2.04. The molecule has 0 atom stereocenters. The number of carbonyl (C=O) groups excluding carboxylic acids is 1. The Labute approximate surface area is 179 Å². The van der Waals surface area contributed by atoms with Gasteiger partial charge < -0.3 is 9.26 Å². The van der Waals surface area contributed by atoms with Crippen LogP contribution in [0.4, 0.5) is 0 Å². The van der Waals surface area contributed by atoms with E-state index >= 15 is 0 Å². The second-order valence-corrected chi connectivity index (χ2v) is 7.04. The molecule has 4 nitrogen and oxygen atoms in total. The Morgan fingerprint density at radius 2 is 1.70 bits per heavy atom. The monoisotopic (exact) mass is 415 g/mol. The van der Waals surface area contributed by atoms with Crippen molar-refractivity contribution in [1.82, 2.24) is 5.16 Å². The minimum absolute atomic E-state index is 0.0618. The molecule has 0 amide bonds. The fourth-order valence-corrected chi connectivity index (χ4v) is 2.97. The maximum atomic E-state index is 12.3. The van der Waals surface area contributed by atoms with E-state index in [2.05, 4.69) is 5.16 Å². The predicted octanol–water partition coefficient (Wildman–Crippen LogP) is 6.47. The lowest BCUT2D eigenvalue weighted by molar-refractivity contribution is 0.104. The van der Waals surface area contributed by atoms with E-state index in [1.165, 1.54) is 0 Å². The molecular formula is C25H18ClNO3. The number of benzene rings is 3. The molecule has 0 radical (unpaired) electrons. The molecule has 0 aliphatic carbocycles. The summed E-state index contributed by atoms with van der Waals surface area (Å²) in [4.78, 5) is 12.3. The van der Waals surface area contributed by atoms with Crippen molar-refractivity contribution in [3.8, 4) is 17.0 Å². The van der Waals surface area contributed by atoms with Crippen LogP contribution in [0.1, 0.15) is 21.7 Å². The molecule has 0 spiro atoms. The second-order valence-electron chi connectivity index (χ2n) is 6.61. The third kappa shape index (κ3) is 5.04. The molecule has 0 saturated heterocycles. The van der Waals surface area contributed by atoms with Crippen molar-refractivity contribution < 1.29 is 14.1 Å². The number of ether oxygens (including phenoxy) is 1. The molecule has 4 rings (SSSR count). The first kappa shape index (κ1) is 19.7. The fourth-order valence-electron chi connectivity index (χ4n) is 2.84. The lowest BCUT2D eigenvalue weighted by atomic mass is 10.1. The predicted molar refractivity (Wildman–Crippen MR) is 118 cm³/mol. The van der Waals surface area contributed by atoms with Crippen LogP contribution in [0, 0.1) is 0 Å². The topological polar surface area (TPSA) is 52.3 Å². The lowest BCUT2D eigenvalue weighted by Crippen LogP contribution is -1.96. The van der Waals surface area contributed by atoms with Gasteiger partial charge in [-0.3, -0.25) is 4.79 Å². The van der Waals surface area contributed by atoms with Crippen LogP contribution in [-0.4, -0.2) is 10.9 Å². The Balaban J connectivity index is 1.34. The maximum Gasteiger partial charge on any atom is 0.185 e. The molecule has 3 aromatic carbocycles. The Morgan fingerprint density at radius 3 is 2.43 bits per heavy atom. The van der Waals surface area contributed by atoms with Crippen LogP contribution in [0.3, 0.4) is 0 Å². The first-order chi connectivity index (χ1) is 14.7. The van der Waals surface area contributed by atoms with Gasteiger partial charge in [0.15, 0.2) is 11.5 Å². The van der Waals surface area contributed by atoms with Gasteiger partial charge in [-0.15, -0.1) is 0 Å². The summed E-state index contributed by atoms with van der Waals surface area (Å²) in [6.45, 7) is 0.238. The van der Waals surface area contributed by atoms with Crippen molar-refractivity contribution >= 4 is 23.5 Å². The van der Waals surface area contributed by atoms with Gasteiger partial charge in [-0.1, -0.05) is 65.3 Å². The number of hydrogen-bond acceptors (Lipinski definition) is 4. The zero-order chi connectivity index (χ0) is 20.8. The summed E-state index contributed by atoms with van der Waals surface area (Å²) < 4.78 is 11.1. The van der Waals surface area contributed by atoms with Crippen molar-refractivity contribution in [2.75, 3.05) is 0 Å². The number of carbonyl (C=O) groups is 1. The van der Waals surface area contributed by atoms with Gasteiger partial charge in [0.1, 0.15) is 18.1 Å². The van der Waals surface area contributed by atoms with Crippen LogP contribution in [0.25, 0.3) is 17.3 Å². The third-order valence-corrected chi connectivity index (χ3v) is 4.70. The van der Waals surface area contributed by atoms with E-state index in [1.807, 2.05) is 48.5 Å². The van der Waals surface area contributed by atoms with Gasteiger partial charge in [0.05, 0.1) is 0 Å². The van der Waals surface area contributed by atoms with Gasteiger partial charge in [0.2, 0.25) is 0 Å². The van der Waals surface area contributed by atoms with E-state index in [-0.39, 0.29) is 12.4 Å². The van der Waals surface area contributed by atoms with Gasteiger partial charge in [-0.25, -0.2) is 0 Å². The number of nitrogens with zero attached hydrogens (tertiary/aromatic N) is 1. The molecule has 0 aliphatic rings. The van der Waals surface area contributed by atoms with E-state index < -0.39 is 0 Å². The largest absolute Gasteiger partial charge is 0.486 e. The molecular weight excluding hydrogens is 398 g/mol. The average Bonchev–Trinajstić information content (AvgIpc) is 3.27. The summed E-state index contributed by atoms with van der Waals surface area (Å²) in [5, 5.41) is 4.73. The molecule has 30 heavy (non-hydrogen) atoms. The Bertz CT molecular complexity index is 1150. The molecule has 0 N–H and O–H groups in total. The first-order valence-corrected chi connectivity index (χ1v) is 9.77. The van der Waals surface area contributed by atoms with E-state index in [4.69, 9.17) is 20.9 Å². The Hall–Kier alpha value is -3.63. The number of allylic oxidation sites excluding steroid dienone is 1. The van der Waals surface area contributed by atoms with Crippen molar-refractivity contribution in [3.63, 3.8) is 0 Å². The van der Waals surface area contributed by atoms with Gasteiger partial charge in [-0.05, 0) is 48.0 Å². The highest BCUT2D eigenvalue weighted by atomic mass is 35.5. The van der Waals surface area contributed by atoms with Crippen LogP contribution >= 0.6 is 11.6 Å². The van der Waals surface area contributed by atoms with E-state index in [0.29, 0.717) is 22.1 Å². The molecule has 0 unspecified atom stereocenters. The molecule has 1 heterocycles. The van der Waals surface area contributed by atoms with Gasteiger partial charge in [-0.2, -0.15) is 0 Å². The minimum atomic E-state index is -0.0618. The standard InChI is InChI=1S/C25H18ClNO3/c26-21-11-7-19(8-12-21)24-16-23(30-27-24)17-29-22-13-9-20(10-14-22)25(28)15-6-18-4-2-1-3-5-18/h1-16H,17H2/b15-6+. The van der Waals surface area contributed by atoms with Crippen LogP contribution in [0.2, 0.25) is 5.02 Å². The molecule has 0 saturated carbocycles. The van der Waals surface area contributed by atoms with Crippen LogP contribution in [-0.2, 0) is 6.61 Å². The Kier molecular flexibility index (Phi) is 6.06. The second kappa shape index (κ2) is 9.25. The van der Waals surface area contributed by atoms with E-state index in [0.717, 1.165) is 16.8 Å². The van der Waals surface area contributed by atoms with Crippen molar-refractivity contribution in [2.45, 2.75) is 6.61 Å². The Morgan fingerprint density at radius 1 is 0.967 bits per heavy atom. The fraction of sp³-hybridized carbons (Fsp3) is 0.0400. The smallest absolute Gasteiger partial charge is 0.185 e. The average molecular weight is 416 g/mol. The van der Waals surface area contributed by atoms with Crippen molar-refractivity contribution in [1.29, 1.82) is 0 Å². The number of ketones is 1. The highest BCUT2D eigenvalue weighted by Gasteiger charge is 2.08. The molecule has 0 bridgehead atoms. The molecule has 0 aliphatic heterocycles. The quantitative estimate of drug-likeness (QED) is 0.256. The number of hydrogen-bond donors (Lipinski definition) is 0. The summed E-state index contributed by atoms with van der Waals surface area (Å²) in [7, 11) is 0. The van der Waals surface area contributed by atoms with Crippen molar-refractivity contribution in [2.24, 2.45) is 0 Å². The summed E-state index contributed by atoms with van der Waals surface area (Å²) in [5.74, 6) is 1.18. The SMILES string of the molecule is O=C(/C=C/c1ccccc1)c1ccc(OCc2cc(-c3ccc(Cl)cc3)no2)cc1. The molecule has 148 valence electrons. The number of rotatable bonds is 7. The molecule has 4 aromatic rings.